The van der Waals surface area contributed by atoms with Crippen LogP contribution in [0.25, 0.3) is 11.3 Å². The molecule has 1 aliphatic rings. The summed E-state index contributed by atoms with van der Waals surface area (Å²) in [5.74, 6) is 0.525. The van der Waals surface area contributed by atoms with E-state index in [1.165, 1.54) is 29.1 Å². The zero-order valence-corrected chi connectivity index (χ0v) is 26.0. The Balaban J connectivity index is 1.51. The number of carbonyl (C=O) groups excluding carboxylic acids is 1. The van der Waals surface area contributed by atoms with Gasteiger partial charge in [-0.3, -0.25) is 4.68 Å². The molecule has 0 bridgehead atoms. The van der Waals surface area contributed by atoms with Gasteiger partial charge in [0.15, 0.2) is 5.82 Å². The number of nitriles is 1. The number of thiazole rings is 1. The molecule has 0 unspecified atom stereocenters. The van der Waals surface area contributed by atoms with Crippen molar-refractivity contribution in [1.82, 2.24) is 20.1 Å². The van der Waals surface area contributed by atoms with Crippen molar-refractivity contribution in [2.24, 2.45) is 0 Å². The summed E-state index contributed by atoms with van der Waals surface area (Å²) < 4.78 is 42.4. The van der Waals surface area contributed by atoms with Gasteiger partial charge in [0.05, 0.1) is 27.7 Å². The van der Waals surface area contributed by atoms with Crippen molar-refractivity contribution in [3.8, 4) is 28.8 Å². The predicted octanol–water partition coefficient (Wildman–Crippen LogP) is 5.55. The summed E-state index contributed by atoms with van der Waals surface area (Å²) in [6.07, 6.45) is 0.625. The number of sulfonamides is 1. The summed E-state index contributed by atoms with van der Waals surface area (Å²) in [5.41, 5.74) is 2.06. The van der Waals surface area contributed by atoms with Crippen molar-refractivity contribution in [1.29, 1.82) is 5.26 Å². The van der Waals surface area contributed by atoms with Crippen LogP contribution in [0.5, 0.6) is 11.5 Å². The number of hydrogen-bond acceptors (Lipinski definition) is 10. The van der Waals surface area contributed by atoms with E-state index in [1.807, 2.05) is 29.0 Å². The van der Waals surface area contributed by atoms with Crippen LogP contribution in [0.1, 0.15) is 32.4 Å². The van der Waals surface area contributed by atoms with E-state index < -0.39 is 21.7 Å². The molecule has 14 heteroatoms. The van der Waals surface area contributed by atoms with Crippen LogP contribution in [-0.2, 0) is 14.8 Å². The van der Waals surface area contributed by atoms with Crippen molar-refractivity contribution < 1.29 is 22.7 Å². The van der Waals surface area contributed by atoms with Gasteiger partial charge in [-0.1, -0.05) is 0 Å². The third kappa shape index (κ3) is 6.08. The molecule has 1 N–H and O–H groups in total. The highest BCUT2D eigenvalue weighted by Crippen LogP contribution is 2.38. The van der Waals surface area contributed by atoms with E-state index in [9.17, 15) is 18.5 Å². The largest absolute Gasteiger partial charge is 0.455 e. The third-order valence-electron chi connectivity index (χ3n) is 6.01. The van der Waals surface area contributed by atoms with Crippen LogP contribution < -0.4 is 14.4 Å². The predicted molar refractivity (Wildman–Crippen MR) is 162 cm³/mol. The van der Waals surface area contributed by atoms with E-state index in [1.54, 1.807) is 33.0 Å². The molecule has 0 saturated carbocycles. The Morgan fingerprint density at radius 2 is 1.95 bits per heavy atom. The molecule has 1 aliphatic heterocycles. The molecule has 0 aliphatic carbocycles. The number of nitrogens with zero attached hydrogens (tertiary/aromatic N) is 5. The minimum absolute atomic E-state index is 0.0327. The topological polar surface area (TPSA) is 139 Å². The lowest BCUT2D eigenvalue weighted by molar-refractivity contribution is 0.0608. The SMILES string of the molecule is CC(C)(C)OC(=O)N(c1cscn1)S(=O)(=O)c1ccc(Oc2ccc(I)cc2-c2ccnn2C2CNC2)c(C#N)c1. The Hall–Kier alpha value is -3.52. The summed E-state index contributed by atoms with van der Waals surface area (Å²) in [7, 11) is -4.50. The van der Waals surface area contributed by atoms with Crippen molar-refractivity contribution in [3.05, 3.63) is 68.7 Å². The molecule has 1 amide bonds. The number of nitrogens with one attached hydrogen (secondary N) is 1. The van der Waals surface area contributed by atoms with Gasteiger partial charge in [0, 0.05) is 33.8 Å². The fraction of sp³-hybridized carbons (Fsp3) is 0.259. The molecule has 0 spiro atoms. The third-order valence-corrected chi connectivity index (χ3v) is 8.92. The van der Waals surface area contributed by atoms with Gasteiger partial charge in [-0.15, -0.1) is 15.6 Å². The zero-order valence-electron chi connectivity index (χ0n) is 22.2. The molecule has 0 atom stereocenters. The molecule has 2 aromatic carbocycles. The number of halogens is 1. The van der Waals surface area contributed by atoms with Gasteiger partial charge in [0.2, 0.25) is 0 Å². The van der Waals surface area contributed by atoms with Crippen molar-refractivity contribution in [2.75, 3.05) is 17.4 Å². The molecular formula is C27H25IN6O5S2. The quantitative estimate of drug-likeness (QED) is 0.246. The standard InChI is InChI=1S/C27H25IN6O5S2/c1-27(2,3)39-26(35)34(25-15-40-16-31-25)41(36,37)20-5-7-23(17(10-20)12-29)38-24-6-4-18(28)11-21(24)22-8-9-32-33(22)19-13-30-14-19/h4-11,15-16,19,30H,13-14H2,1-3H3. The summed E-state index contributed by atoms with van der Waals surface area (Å²) in [4.78, 5) is 16.7. The molecule has 41 heavy (non-hydrogen) atoms. The Labute approximate surface area is 254 Å². The highest BCUT2D eigenvalue weighted by atomic mass is 127. The first-order chi connectivity index (χ1) is 19.5. The van der Waals surface area contributed by atoms with Gasteiger partial charge >= 0.3 is 6.09 Å². The molecular weight excluding hydrogens is 679 g/mol. The van der Waals surface area contributed by atoms with Crippen LogP contribution in [0.2, 0.25) is 0 Å². The number of rotatable bonds is 7. The molecule has 5 rings (SSSR count). The van der Waals surface area contributed by atoms with E-state index in [0.717, 1.165) is 39.3 Å². The molecule has 1 saturated heterocycles. The molecule has 11 nitrogen and oxygen atoms in total. The van der Waals surface area contributed by atoms with Crippen LogP contribution in [0.4, 0.5) is 10.6 Å². The lowest BCUT2D eigenvalue weighted by atomic mass is 10.1. The van der Waals surface area contributed by atoms with Gasteiger partial charge in [0.25, 0.3) is 10.0 Å². The van der Waals surface area contributed by atoms with Crippen LogP contribution >= 0.6 is 33.9 Å². The highest BCUT2D eigenvalue weighted by Gasteiger charge is 2.36. The number of anilines is 1. The summed E-state index contributed by atoms with van der Waals surface area (Å²) in [6, 6.07) is 13.6. The molecule has 1 fully saturated rings. The van der Waals surface area contributed by atoms with Gasteiger partial charge in [-0.25, -0.2) is 18.2 Å². The number of ether oxygens (including phenoxy) is 2. The van der Waals surface area contributed by atoms with E-state index in [4.69, 9.17) is 9.47 Å². The van der Waals surface area contributed by atoms with Gasteiger partial charge in [-0.05, 0) is 85.8 Å². The van der Waals surface area contributed by atoms with Crippen LogP contribution in [0, 0.1) is 14.9 Å². The average molecular weight is 705 g/mol. The lowest BCUT2D eigenvalue weighted by Crippen LogP contribution is -2.44. The smallest absolute Gasteiger partial charge is 0.430 e. The maximum atomic E-state index is 13.7. The number of amides is 1. The Bertz CT molecular complexity index is 1740. The molecule has 2 aromatic heterocycles. The van der Waals surface area contributed by atoms with Crippen LogP contribution in [0.3, 0.4) is 0 Å². The normalized spacial score (nSPS) is 13.7. The lowest BCUT2D eigenvalue weighted by Gasteiger charge is -2.29. The van der Waals surface area contributed by atoms with Crippen molar-refractivity contribution >= 4 is 55.9 Å². The minimum atomic E-state index is -4.50. The molecule has 0 radical (unpaired) electrons. The van der Waals surface area contributed by atoms with Gasteiger partial charge in [-0.2, -0.15) is 10.4 Å². The van der Waals surface area contributed by atoms with E-state index >= 15 is 0 Å². The first-order valence-corrected chi connectivity index (χ1v) is 15.9. The monoisotopic (exact) mass is 704 g/mol. The number of hydrogen-bond donors (Lipinski definition) is 1. The number of carbonyl (C=O) groups is 1. The molecule has 212 valence electrons. The van der Waals surface area contributed by atoms with Crippen LogP contribution in [-0.4, -0.2) is 48.0 Å². The Morgan fingerprint density at radius 1 is 1.20 bits per heavy atom. The molecule has 4 aromatic rings. The van der Waals surface area contributed by atoms with E-state index in [0.29, 0.717) is 10.1 Å². The fourth-order valence-electron chi connectivity index (χ4n) is 4.05. The van der Waals surface area contributed by atoms with Gasteiger partial charge in [0.1, 0.15) is 23.2 Å². The van der Waals surface area contributed by atoms with E-state index in [-0.39, 0.29) is 28.1 Å². The fourth-order valence-corrected chi connectivity index (χ4v) is 6.42. The average Bonchev–Trinajstić information content (AvgIpc) is 3.56. The molecule has 3 heterocycles. The second kappa shape index (κ2) is 11.4. The van der Waals surface area contributed by atoms with Crippen molar-refractivity contribution in [2.45, 2.75) is 37.3 Å². The zero-order chi connectivity index (χ0) is 29.4. The summed E-state index contributed by atoms with van der Waals surface area (Å²) in [5, 5.41) is 19.1. The minimum Gasteiger partial charge on any atom is -0.455 e. The second-order valence-corrected chi connectivity index (χ2v) is 13.8. The highest BCUT2D eigenvalue weighted by molar-refractivity contribution is 14.1. The summed E-state index contributed by atoms with van der Waals surface area (Å²) >= 11 is 3.34. The number of aromatic nitrogens is 3. The maximum absolute atomic E-state index is 13.7. The maximum Gasteiger partial charge on any atom is 0.430 e. The Kier molecular flexibility index (Phi) is 8.06. The number of benzene rings is 2. The van der Waals surface area contributed by atoms with Gasteiger partial charge < -0.3 is 14.8 Å². The van der Waals surface area contributed by atoms with Crippen molar-refractivity contribution in [3.63, 3.8) is 0 Å². The first-order valence-electron chi connectivity index (χ1n) is 12.4. The second-order valence-electron chi connectivity index (χ2n) is 10.1. The first kappa shape index (κ1) is 29.0. The van der Waals surface area contributed by atoms with Crippen LogP contribution in [0.15, 0.2) is 64.4 Å². The van der Waals surface area contributed by atoms with E-state index in [2.05, 4.69) is 38.0 Å². The summed E-state index contributed by atoms with van der Waals surface area (Å²) in [6.45, 7) is 6.51. The Morgan fingerprint density at radius 3 is 2.59 bits per heavy atom.